The number of hydrogen-bond donors (Lipinski definition) is 2. The van der Waals surface area contributed by atoms with Gasteiger partial charge in [0.2, 0.25) is 5.91 Å². The van der Waals surface area contributed by atoms with Gasteiger partial charge >= 0.3 is 0 Å². The summed E-state index contributed by atoms with van der Waals surface area (Å²) in [5.74, 6) is -0.282. The lowest BCUT2D eigenvalue weighted by Crippen LogP contribution is -2.37. The van der Waals surface area contributed by atoms with Gasteiger partial charge in [-0.2, -0.15) is 8.42 Å². The molecule has 3 aromatic rings. The van der Waals surface area contributed by atoms with E-state index in [-0.39, 0.29) is 29.8 Å². The van der Waals surface area contributed by atoms with Crippen LogP contribution in [0.1, 0.15) is 63.7 Å². The van der Waals surface area contributed by atoms with Gasteiger partial charge in [-0.1, -0.05) is 43.7 Å². The molecule has 0 saturated carbocycles. The Morgan fingerprint density at radius 1 is 1.12 bits per heavy atom. The highest BCUT2D eigenvalue weighted by atomic mass is 35.5. The van der Waals surface area contributed by atoms with E-state index >= 15 is 0 Å². The number of anilines is 2. The quantitative estimate of drug-likeness (QED) is 0.190. The van der Waals surface area contributed by atoms with Crippen LogP contribution in [0.15, 0.2) is 66.2 Å². The van der Waals surface area contributed by atoms with Crippen LogP contribution in [-0.4, -0.2) is 49.4 Å². The normalized spacial score (nSPS) is 11.8. The maximum absolute atomic E-state index is 13.5. The fourth-order valence-electron chi connectivity index (χ4n) is 4.18. The van der Waals surface area contributed by atoms with Crippen LogP contribution >= 0.6 is 11.6 Å². The predicted molar refractivity (Wildman–Crippen MR) is 170 cm³/mol. The molecule has 0 aliphatic rings. The van der Waals surface area contributed by atoms with E-state index in [0.717, 1.165) is 18.4 Å². The Hall–Kier alpha value is -3.96. The summed E-state index contributed by atoms with van der Waals surface area (Å²) in [5, 5.41) is 2.62. The first-order chi connectivity index (χ1) is 20.5. The lowest BCUT2D eigenvalue weighted by atomic mass is 10.1. The van der Waals surface area contributed by atoms with E-state index in [1.807, 2.05) is 38.7 Å². The molecule has 10 nitrogen and oxygen atoms in total. The van der Waals surface area contributed by atoms with Crippen molar-refractivity contribution in [1.29, 1.82) is 0 Å². The average molecular weight is 628 g/mol. The first-order valence-electron chi connectivity index (χ1n) is 14.2. The molecule has 3 rings (SSSR count). The number of rotatable bonds is 15. The number of aromatic nitrogens is 2. The number of pyridine rings is 2. The van der Waals surface area contributed by atoms with Crippen molar-refractivity contribution in [2.24, 2.45) is 0 Å². The number of nitrogens with one attached hydrogen (secondary N) is 2. The molecule has 0 radical (unpaired) electrons. The number of nitrogens with zero attached hydrogens (tertiary/aromatic N) is 3. The molecule has 230 valence electrons. The molecule has 12 heteroatoms. The number of allylic oxidation sites excluding steroid dienone is 1. The fourth-order valence-corrected chi connectivity index (χ4v) is 5.29. The van der Waals surface area contributed by atoms with Gasteiger partial charge in [-0.05, 0) is 69.5 Å². The van der Waals surface area contributed by atoms with Crippen molar-refractivity contribution in [3.8, 4) is 17.0 Å². The number of ether oxygens (including phenoxy) is 1. The van der Waals surface area contributed by atoms with E-state index in [2.05, 4.69) is 21.6 Å². The number of hydrogen-bond acceptors (Lipinski definition) is 8. The van der Waals surface area contributed by atoms with Crippen LogP contribution in [0.3, 0.4) is 0 Å². The van der Waals surface area contributed by atoms with Gasteiger partial charge in [-0.25, -0.2) is 14.7 Å². The molecule has 1 aromatic carbocycles. The number of sulfonamides is 1. The topological polar surface area (TPSA) is 131 Å². The van der Waals surface area contributed by atoms with Gasteiger partial charge in [0.1, 0.15) is 17.4 Å². The Bertz CT molecular complexity index is 1560. The van der Waals surface area contributed by atoms with Crippen molar-refractivity contribution >= 4 is 45.1 Å². The maximum Gasteiger partial charge on any atom is 0.281 e. The molecule has 2 aromatic heterocycles. The Morgan fingerprint density at radius 2 is 1.88 bits per heavy atom. The number of benzene rings is 1. The molecular formula is C31H38ClN5O5S. The second-order valence-electron chi connectivity index (χ2n) is 9.78. The third-order valence-corrected chi connectivity index (χ3v) is 8.16. The molecule has 0 bridgehead atoms. The number of carbonyl (C=O) groups excluding carboxylic acids is 2. The summed E-state index contributed by atoms with van der Waals surface area (Å²) in [5.41, 5.74) is 1.38. The maximum atomic E-state index is 13.5. The van der Waals surface area contributed by atoms with E-state index in [1.54, 1.807) is 30.3 Å². The lowest BCUT2D eigenvalue weighted by Gasteiger charge is -2.30. The molecule has 0 aliphatic heterocycles. The summed E-state index contributed by atoms with van der Waals surface area (Å²) in [6, 6.07) is 12.7. The molecule has 2 amide bonds. The van der Waals surface area contributed by atoms with Crippen molar-refractivity contribution in [2.75, 3.05) is 23.4 Å². The second-order valence-corrected chi connectivity index (χ2v) is 11.8. The van der Waals surface area contributed by atoms with Gasteiger partial charge in [-0.3, -0.25) is 9.59 Å². The first kappa shape index (κ1) is 33.5. The van der Waals surface area contributed by atoms with Gasteiger partial charge in [0.15, 0.2) is 5.03 Å². The van der Waals surface area contributed by atoms with Crippen LogP contribution in [0, 0.1) is 0 Å². The number of halogens is 1. The molecule has 2 N–H and O–H groups in total. The van der Waals surface area contributed by atoms with E-state index in [0.29, 0.717) is 41.9 Å². The first-order valence-corrected chi connectivity index (χ1v) is 16.1. The van der Waals surface area contributed by atoms with E-state index in [9.17, 15) is 18.0 Å². The van der Waals surface area contributed by atoms with Gasteiger partial charge in [-0.15, -0.1) is 6.58 Å². The Balaban J connectivity index is 1.98. The summed E-state index contributed by atoms with van der Waals surface area (Å²) >= 11 is 6.32. The molecule has 0 unspecified atom stereocenters. The molecule has 0 fully saturated rings. The standard InChI is InChI=1S/C31H38ClN5O5S/c1-6-10-13-28(38)34-27-12-11-14-29(35-27)43(40,41)36-31(39)23-16-18-25(33-30(23)37(9-4)21(5)8-3)22-15-17-24(32)26(20-22)42-19-7-2/h6,11-12,14-18,20-21H,1,7-10,13,19H2,2-5H3,(H,36,39)(H,34,35,38)/t21-/m1/s1. The Labute approximate surface area is 258 Å². The summed E-state index contributed by atoms with van der Waals surface area (Å²) < 4.78 is 34.4. The van der Waals surface area contributed by atoms with Crippen LogP contribution in [-0.2, 0) is 14.8 Å². The third-order valence-electron chi connectivity index (χ3n) is 6.61. The molecule has 0 saturated heterocycles. The zero-order valence-electron chi connectivity index (χ0n) is 24.9. The highest BCUT2D eigenvalue weighted by Crippen LogP contribution is 2.32. The van der Waals surface area contributed by atoms with Crippen molar-refractivity contribution < 1.29 is 22.7 Å². The largest absolute Gasteiger partial charge is 0.492 e. The predicted octanol–water partition coefficient (Wildman–Crippen LogP) is 6.23. The van der Waals surface area contributed by atoms with Crippen molar-refractivity contribution in [2.45, 2.75) is 64.4 Å². The SMILES string of the molecule is C=CCCC(=O)Nc1cccc(S(=O)(=O)NC(=O)c2ccc(-c3ccc(Cl)c(OCCC)c3)nc2N(CC)[C@H](C)CC)n1. The number of carbonyl (C=O) groups is 2. The number of amides is 2. The van der Waals surface area contributed by atoms with E-state index < -0.39 is 21.0 Å². The third kappa shape index (κ3) is 8.77. The van der Waals surface area contributed by atoms with Crippen molar-refractivity contribution in [3.05, 3.63) is 71.8 Å². The van der Waals surface area contributed by atoms with Crippen molar-refractivity contribution in [1.82, 2.24) is 14.7 Å². The molecule has 1 atom stereocenters. The van der Waals surface area contributed by atoms with Crippen LogP contribution in [0.2, 0.25) is 5.02 Å². The molecular weight excluding hydrogens is 590 g/mol. The highest BCUT2D eigenvalue weighted by molar-refractivity contribution is 7.90. The minimum absolute atomic E-state index is 0.00706. The average Bonchev–Trinajstić information content (AvgIpc) is 2.99. The summed E-state index contributed by atoms with van der Waals surface area (Å²) in [7, 11) is -4.40. The second kappa shape index (κ2) is 15.5. The van der Waals surface area contributed by atoms with Crippen LogP contribution < -0.4 is 19.7 Å². The molecule has 0 spiro atoms. The monoisotopic (exact) mass is 627 g/mol. The van der Waals surface area contributed by atoms with Gasteiger partial charge in [0.25, 0.3) is 15.9 Å². The van der Waals surface area contributed by atoms with Crippen molar-refractivity contribution in [3.63, 3.8) is 0 Å². The lowest BCUT2D eigenvalue weighted by molar-refractivity contribution is -0.116. The molecule has 0 aliphatic carbocycles. The zero-order valence-corrected chi connectivity index (χ0v) is 26.5. The van der Waals surface area contributed by atoms with Crippen LogP contribution in [0.4, 0.5) is 11.6 Å². The van der Waals surface area contributed by atoms with E-state index in [1.165, 1.54) is 18.2 Å². The summed E-state index contributed by atoms with van der Waals surface area (Å²) in [6.45, 7) is 12.6. The van der Waals surface area contributed by atoms with Gasteiger partial charge in [0, 0.05) is 24.6 Å². The summed E-state index contributed by atoms with van der Waals surface area (Å²) in [6.07, 6.45) is 3.84. The Kier molecular flexibility index (Phi) is 12.1. The van der Waals surface area contributed by atoms with Gasteiger partial charge < -0.3 is 15.0 Å². The Morgan fingerprint density at radius 3 is 2.56 bits per heavy atom. The molecule has 43 heavy (non-hydrogen) atoms. The molecule has 2 heterocycles. The smallest absolute Gasteiger partial charge is 0.281 e. The fraction of sp³-hybridized carbons (Fsp3) is 0.355. The van der Waals surface area contributed by atoms with E-state index in [4.69, 9.17) is 21.3 Å². The minimum Gasteiger partial charge on any atom is -0.492 e. The minimum atomic E-state index is -4.40. The van der Waals surface area contributed by atoms with Crippen LogP contribution in [0.5, 0.6) is 5.75 Å². The van der Waals surface area contributed by atoms with Crippen LogP contribution in [0.25, 0.3) is 11.3 Å². The summed E-state index contributed by atoms with van der Waals surface area (Å²) in [4.78, 5) is 36.4. The highest BCUT2D eigenvalue weighted by Gasteiger charge is 2.26. The zero-order chi connectivity index (χ0) is 31.6. The van der Waals surface area contributed by atoms with Gasteiger partial charge in [0.05, 0.1) is 22.9 Å².